The predicted octanol–water partition coefficient (Wildman–Crippen LogP) is 3.21. The number of benzene rings is 1. The zero-order valence-electron chi connectivity index (χ0n) is 10.4. The van der Waals surface area contributed by atoms with E-state index in [0.29, 0.717) is 5.92 Å². The topological polar surface area (TPSA) is 29.5 Å². The minimum Gasteiger partial charge on any atom is -0.479 e. The highest BCUT2D eigenvalue weighted by atomic mass is 127. The van der Waals surface area contributed by atoms with Crippen LogP contribution >= 0.6 is 22.6 Å². The first-order chi connectivity index (χ1) is 8.65. The smallest absolute Gasteiger partial charge is 0.267 e. The lowest BCUT2D eigenvalue weighted by atomic mass is 9.85. The fourth-order valence-electron chi connectivity index (χ4n) is 2.51. The molecule has 2 aliphatic rings. The molecule has 1 aromatic carbocycles. The average Bonchev–Trinajstić information content (AvgIpc) is 2.27. The Hall–Kier alpha value is -0.780. The Bertz CT molecular complexity index is 485. The van der Waals surface area contributed by atoms with Gasteiger partial charge in [0.1, 0.15) is 5.75 Å². The standard InChI is InChI=1S/C14H16INO2/c1-9-14(17)16(8-10-3-2-4-10)12-6-5-11(15)7-13(12)18-9/h5-7,9-10H,2-4,8H2,1H3. The van der Waals surface area contributed by atoms with E-state index in [1.54, 1.807) is 0 Å². The maximum Gasteiger partial charge on any atom is 0.267 e. The summed E-state index contributed by atoms with van der Waals surface area (Å²) in [4.78, 5) is 14.2. The van der Waals surface area contributed by atoms with Gasteiger partial charge in [0, 0.05) is 10.1 Å². The van der Waals surface area contributed by atoms with E-state index in [-0.39, 0.29) is 12.0 Å². The van der Waals surface area contributed by atoms with Crippen LogP contribution in [0.3, 0.4) is 0 Å². The van der Waals surface area contributed by atoms with Gasteiger partial charge in [0.2, 0.25) is 0 Å². The molecule has 1 heterocycles. The van der Waals surface area contributed by atoms with Gasteiger partial charge in [-0.2, -0.15) is 0 Å². The molecule has 1 aliphatic carbocycles. The molecule has 0 N–H and O–H groups in total. The number of amides is 1. The summed E-state index contributed by atoms with van der Waals surface area (Å²) in [5, 5.41) is 0. The van der Waals surface area contributed by atoms with Crippen molar-refractivity contribution in [2.24, 2.45) is 5.92 Å². The van der Waals surface area contributed by atoms with Gasteiger partial charge >= 0.3 is 0 Å². The molecule has 3 nitrogen and oxygen atoms in total. The summed E-state index contributed by atoms with van der Waals surface area (Å²) in [7, 11) is 0. The molecule has 3 rings (SSSR count). The Kier molecular flexibility index (Phi) is 3.21. The molecule has 1 aromatic rings. The molecule has 4 heteroatoms. The molecular formula is C14H16INO2. The summed E-state index contributed by atoms with van der Waals surface area (Å²) in [5.74, 6) is 1.61. The zero-order valence-corrected chi connectivity index (χ0v) is 12.5. The number of ether oxygens (including phenoxy) is 1. The predicted molar refractivity (Wildman–Crippen MR) is 78.9 cm³/mol. The minimum absolute atomic E-state index is 0.0932. The van der Waals surface area contributed by atoms with Crippen LogP contribution in [0.15, 0.2) is 18.2 Å². The first kappa shape index (κ1) is 12.3. The molecule has 1 fully saturated rings. The summed E-state index contributed by atoms with van der Waals surface area (Å²) in [6, 6.07) is 6.03. The van der Waals surface area contributed by atoms with Crippen LogP contribution in [0.2, 0.25) is 0 Å². The van der Waals surface area contributed by atoms with Crippen LogP contribution in [0, 0.1) is 9.49 Å². The van der Waals surface area contributed by atoms with E-state index in [2.05, 4.69) is 22.6 Å². The maximum atomic E-state index is 12.2. The molecule has 0 radical (unpaired) electrons. The highest BCUT2D eigenvalue weighted by Gasteiger charge is 2.34. The lowest BCUT2D eigenvalue weighted by Gasteiger charge is -2.37. The molecule has 0 saturated heterocycles. The summed E-state index contributed by atoms with van der Waals surface area (Å²) in [5.41, 5.74) is 0.936. The van der Waals surface area contributed by atoms with Gasteiger partial charge in [0.05, 0.1) is 5.69 Å². The van der Waals surface area contributed by atoms with Gasteiger partial charge in [-0.1, -0.05) is 6.42 Å². The first-order valence-corrected chi connectivity index (χ1v) is 7.50. The van der Waals surface area contributed by atoms with Crippen molar-refractivity contribution in [1.29, 1.82) is 0 Å². The third kappa shape index (κ3) is 2.11. The van der Waals surface area contributed by atoms with E-state index >= 15 is 0 Å². The molecule has 1 atom stereocenters. The molecule has 96 valence electrons. The van der Waals surface area contributed by atoms with Crippen LogP contribution in [-0.4, -0.2) is 18.6 Å². The number of rotatable bonds is 2. The average molecular weight is 357 g/mol. The van der Waals surface area contributed by atoms with Crippen molar-refractivity contribution in [3.63, 3.8) is 0 Å². The van der Waals surface area contributed by atoms with Crippen molar-refractivity contribution in [2.75, 3.05) is 11.4 Å². The second kappa shape index (κ2) is 4.72. The molecule has 0 bridgehead atoms. The molecule has 0 spiro atoms. The van der Waals surface area contributed by atoms with Crippen LogP contribution < -0.4 is 9.64 Å². The Morgan fingerprint density at radius 3 is 2.89 bits per heavy atom. The Labute approximate surface area is 121 Å². The van der Waals surface area contributed by atoms with E-state index in [0.717, 1.165) is 21.6 Å². The number of hydrogen-bond donors (Lipinski definition) is 0. The summed E-state index contributed by atoms with van der Waals surface area (Å²) in [6.45, 7) is 2.68. The second-order valence-electron chi connectivity index (χ2n) is 5.12. The van der Waals surface area contributed by atoms with Gasteiger partial charge < -0.3 is 9.64 Å². The van der Waals surface area contributed by atoms with Crippen molar-refractivity contribution in [3.05, 3.63) is 21.8 Å². The van der Waals surface area contributed by atoms with Crippen molar-refractivity contribution in [1.82, 2.24) is 0 Å². The van der Waals surface area contributed by atoms with Crippen molar-refractivity contribution in [3.8, 4) is 5.75 Å². The van der Waals surface area contributed by atoms with Gasteiger partial charge in [-0.15, -0.1) is 0 Å². The van der Waals surface area contributed by atoms with E-state index in [1.165, 1.54) is 19.3 Å². The van der Waals surface area contributed by atoms with Crippen LogP contribution in [0.25, 0.3) is 0 Å². The molecule has 1 saturated carbocycles. The van der Waals surface area contributed by atoms with Crippen molar-refractivity contribution in [2.45, 2.75) is 32.3 Å². The number of hydrogen-bond acceptors (Lipinski definition) is 2. The number of carbonyl (C=O) groups excluding carboxylic acids is 1. The van der Waals surface area contributed by atoms with Gasteiger partial charge in [0.25, 0.3) is 5.91 Å². The molecule has 0 aromatic heterocycles. The molecule has 1 unspecified atom stereocenters. The summed E-state index contributed by atoms with van der Waals surface area (Å²) >= 11 is 2.27. The van der Waals surface area contributed by atoms with E-state index < -0.39 is 0 Å². The van der Waals surface area contributed by atoms with Crippen molar-refractivity contribution < 1.29 is 9.53 Å². The highest BCUT2D eigenvalue weighted by Crippen LogP contribution is 2.37. The fourth-order valence-corrected chi connectivity index (χ4v) is 2.97. The Balaban J connectivity index is 1.93. The van der Waals surface area contributed by atoms with E-state index in [4.69, 9.17) is 4.74 Å². The van der Waals surface area contributed by atoms with Gasteiger partial charge in [-0.25, -0.2) is 0 Å². The summed E-state index contributed by atoms with van der Waals surface area (Å²) < 4.78 is 6.83. The monoisotopic (exact) mass is 357 g/mol. The minimum atomic E-state index is -0.365. The molecule has 1 aliphatic heterocycles. The lowest BCUT2D eigenvalue weighted by molar-refractivity contribution is -0.125. The quantitative estimate of drug-likeness (QED) is 0.761. The number of anilines is 1. The number of fused-ring (bicyclic) bond motifs is 1. The SMILES string of the molecule is CC1Oc2cc(I)ccc2N(CC2CCC2)C1=O. The fraction of sp³-hybridized carbons (Fsp3) is 0.500. The van der Waals surface area contributed by atoms with Crippen molar-refractivity contribution >= 4 is 34.2 Å². The Morgan fingerprint density at radius 1 is 1.44 bits per heavy atom. The third-order valence-corrected chi connectivity index (χ3v) is 4.47. The molecule has 18 heavy (non-hydrogen) atoms. The second-order valence-corrected chi connectivity index (χ2v) is 6.36. The maximum absolute atomic E-state index is 12.2. The number of nitrogens with zero attached hydrogens (tertiary/aromatic N) is 1. The van der Waals surface area contributed by atoms with Crippen LogP contribution in [0.4, 0.5) is 5.69 Å². The number of carbonyl (C=O) groups is 1. The van der Waals surface area contributed by atoms with E-state index in [9.17, 15) is 4.79 Å². The van der Waals surface area contributed by atoms with Crippen LogP contribution in [0.5, 0.6) is 5.75 Å². The summed E-state index contributed by atoms with van der Waals surface area (Å²) in [6.07, 6.45) is 3.44. The lowest BCUT2D eigenvalue weighted by Crippen LogP contribution is -2.47. The van der Waals surface area contributed by atoms with E-state index in [1.807, 2.05) is 30.0 Å². The highest BCUT2D eigenvalue weighted by molar-refractivity contribution is 14.1. The zero-order chi connectivity index (χ0) is 12.7. The van der Waals surface area contributed by atoms with Crippen LogP contribution in [-0.2, 0) is 4.79 Å². The van der Waals surface area contributed by atoms with Gasteiger partial charge in [0.15, 0.2) is 6.10 Å². The molecule has 1 amide bonds. The normalized spacial score (nSPS) is 23.3. The first-order valence-electron chi connectivity index (χ1n) is 6.43. The Morgan fingerprint density at radius 2 is 2.22 bits per heavy atom. The van der Waals surface area contributed by atoms with Gasteiger partial charge in [-0.3, -0.25) is 4.79 Å². The number of halogens is 1. The van der Waals surface area contributed by atoms with Gasteiger partial charge in [-0.05, 0) is 66.5 Å². The third-order valence-electron chi connectivity index (χ3n) is 3.80. The molecular weight excluding hydrogens is 341 g/mol. The largest absolute Gasteiger partial charge is 0.479 e. The van der Waals surface area contributed by atoms with Crippen LogP contribution in [0.1, 0.15) is 26.2 Å².